The van der Waals surface area contributed by atoms with Crippen LogP contribution in [-0.2, 0) is 13.1 Å². The lowest BCUT2D eigenvalue weighted by molar-refractivity contribution is 0.592. The normalized spacial score (nSPS) is 10.8. The van der Waals surface area contributed by atoms with Crippen LogP contribution in [0.25, 0.3) is 0 Å². The molecule has 0 atom stereocenters. The lowest BCUT2D eigenvalue weighted by atomic mass is 10.2. The average Bonchev–Trinajstić information content (AvgIpc) is 2.80. The summed E-state index contributed by atoms with van der Waals surface area (Å²) < 4.78 is 3.33. The number of rotatable bonds is 6. The summed E-state index contributed by atoms with van der Waals surface area (Å²) in [5, 5.41) is 7.80. The first kappa shape index (κ1) is 13.5. The van der Waals surface area contributed by atoms with Crippen molar-refractivity contribution >= 4 is 22.6 Å². The van der Waals surface area contributed by atoms with Gasteiger partial charge >= 0.3 is 0 Å². The highest BCUT2D eigenvalue weighted by Crippen LogP contribution is 2.09. The van der Waals surface area contributed by atoms with Crippen molar-refractivity contribution in [3.05, 3.63) is 51.4 Å². The first-order valence-corrected chi connectivity index (χ1v) is 7.33. The second-order valence-electron chi connectivity index (χ2n) is 4.28. The van der Waals surface area contributed by atoms with Gasteiger partial charge in [-0.15, -0.1) is 0 Å². The summed E-state index contributed by atoms with van der Waals surface area (Å²) in [5.74, 6) is 0. The van der Waals surface area contributed by atoms with Crippen LogP contribution < -0.4 is 5.32 Å². The lowest BCUT2D eigenvalue weighted by Crippen LogP contribution is -2.17. The number of nitrogens with zero attached hydrogens (tertiary/aromatic N) is 2. The molecule has 2 aromatic rings. The molecule has 0 aliphatic carbocycles. The van der Waals surface area contributed by atoms with Crippen LogP contribution in [0.4, 0.5) is 0 Å². The van der Waals surface area contributed by atoms with E-state index in [1.807, 2.05) is 6.20 Å². The Hall–Kier alpha value is -0.880. The van der Waals surface area contributed by atoms with E-state index in [1.54, 1.807) is 0 Å². The molecule has 1 aromatic heterocycles. The minimum Gasteiger partial charge on any atom is -0.311 e. The van der Waals surface area contributed by atoms with Crippen LogP contribution in [0.1, 0.15) is 24.6 Å². The molecule has 96 valence electrons. The Kier molecular flexibility index (Phi) is 5.19. The monoisotopic (exact) mass is 355 g/mol. The van der Waals surface area contributed by atoms with Crippen molar-refractivity contribution in [2.75, 3.05) is 6.54 Å². The van der Waals surface area contributed by atoms with Crippen molar-refractivity contribution in [1.82, 2.24) is 15.1 Å². The Morgan fingerprint density at radius 2 is 2.00 bits per heavy atom. The summed E-state index contributed by atoms with van der Waals surface area (Å²) in [6, 6.07) is 10.7. The highest BCUT2D eigenvalue weighted by atomic mass is 127. The van der Waals surface area contributed by atoms with Gasteiger partial charge in [0.1, 0.15) is 0 Å². The second kappa shape index (κ2) is 6.89. The topological polar surface area (TPSA) is 29.9 Å². The summed E-state index contributed by atoms with van der Waals surface area (Å²) in [6.07, 6.45) is 3.03. The van der Waals surface area contributed by atoms with E-state index in [2.05, 4.69) is 74.9 Å². The van der Waals surface area contributed by atoms with E-state index in [9.17, 15) is 0 Å². The Balaban J connectivity index is 2.00. The van der Waals surface area contributed by atoms with Crippen molar-refractivity contribution in [2.45, 2.75) is 26.4 Å². The molecule has 0 fully saturated rings. The Labute approximate surface area is 122 Å². The van der Waals surface area contributed by atoms with Gasteiger partial charge in [-0.1, -0.05) is 19.1 Å². The maximum atomic E-state index is 4.39. The molecule has 3 nitrogen and oxygen atoms in total. The van der Waals surface area contributed by atoms with Crippen molar-refractivity contribution in [1.29, 1.82) is 0 Å². The molecule has 0 amide bonds. The number of benzene rings is 1. The Morgan fingerprint density at radius 1 is 1.22 bits per heavy atom. The molecule has 2 rings (SSSR count). The van der Waals surface area contributed by atoms with E-state index < -0.39 is 0 Å². The van der Waals surface area contributed by atoms with E-state index in [-0.39, 0.29) is 0 Å². The summed E-state index contributed by atoms with van der Waals surface area (Å²) >= 11 is 2.32. The van der Waals surface area contributed by atoms with E-state index in [1.165, 1.54) is 14.8 Å². The third-order valence-electron chi connectivity index (χ3n) is 2.78. The van der Waals surface area contributed by atoms with Gasteiger partial charge in [-0.25, -0.2) is 0 Å². The van der Waals surface area contributed by atoms with Gasteiger partial charge in [-0.3, -0.25) is 4.68 Å². The summed E-state index contributed by atoms with van der Waals surface area (Å²) in [6.45, 7) is 4.95. The first-order valence-electron chi connectivity index (χ1n) is 6.25. The highest BCUT2D eigenvalue weighted by Gasteiger charge is 2.02. The third-order valence-corrected chi connectivity index (χ3v) is 3.50. The minimum atomic E-state index is 0.840. The van der Waals surface area contributed by atoms with Gasteiger partial charge in [0.25, 0.3) is 0 Å². The molecule has 1 aromatic carbocycles. The molecular formula is C14H18IN3. The zero-order chi connectivity index (χ0) is 12.8. The van der Waals surface area contributed by atoms with Crippen molar-refractivity contribution in [3.8, 4) is 0 Å². The zero-order valence-corrected chi connectivity index (χ0v) is 12.7. The maximum Gasteiger partial charge on any atom is 0.0663 e. The van der Waals surface area contributed by atoms with Crippen LogP contribution >= 0.6 is 22.6 Å². The van der Waals surface area contributed by atoms with Gasteiger partial charge in [0.15, 0.2) is 0 Å². The number of halogens is 1. The fourth-order valence-electron chi connectivity index (χ4n) is 1.81. The minimum absolute atomic E-state index is 0.840. The van der Waals surface area contributed by atoms with Gasteiger partial charge < -0.3 is 5.32 Å². The van der Waals surface area contributed by atoms with E-state index in [0.29, 0.717) is 0 Å². The number of nitrogens with one attached hydrogen (secondary N) is 1. The molecule has 4 heteroatoms. The van der Waals surface area contributed by atoms with Crippen molar-refractivity contribution < 1.29 is 0 Å². The van der Waals surface area contributed by atoms with E-state index >= 15 is 0 Å². The molecule has 1 heterocycles. The Morgan fingerprint density at radius 3 is 2.72 bits per heavy atom. The smallest absolute Gasteiger partial charge is 0.0663 e. The molecule has 0 aliphatic rings. The summed E-state index contributed by atoms with van der Waals surface area (Å²) in [4.78, 5) is 0. The van der Waals surface area contributed by atoms with Crippen LogP contribution in [0.15, 0.2) is 36.5 Å². The fraction of sp³-hybridized carbons (Fsp3) is 0.357. The molecule has 0 unspecified atom stereocenters. The van der Waals surface area contributed by atoms with Gasteiger partial charge in [0.2, 0.25) is 0 Å². The van der Waals surface area contributed by atoms with E-state index in [0.717, 1.165) is 26.1 Å². The van der Waals surface area contributed by atoms with Crippen LogP contribution in [0, 0.1) is 3.57 Å². The highest BCUT2D eigenvalue weighted by molar-refractivity contribution is 14.1. The maximum absolute atomic E-state index is 4.39. The largest absolute Gasteiger partial charge is 0.311 e. The third kappa shape index (κ3) is 3.81. The standard InChI is InChI=1S/C14H18IN3/c1-2-8-16-10-14-7-9-17-18(14)11-12-3-5-13(15)6-4-12/h3-7,9,16H,2,8,10-11H2,1H3. The molecule has 0 bridgehead atoms. The van der Waals surface area contributed by atoms with Crippen molar-refractivity contribution in [2.24, 2.45) is 0 Å². The van der Waals surface area contributed by atoms with Gasteiger partial charge in [0.05, 0.1) is 12.2 Å². The first-order chi connectivity index (χ1) is 8.79. The quantitative estimate of drug-likeness (QED) is 0.638. The predicted molar refractivity (Wildman–Crippen MR) is 82.5 cm³/mol. The number of hydrogen-bond donors (Lipinski definition) is 1. The molecule has 0 spiro atoms. The summed E-state index contributed by atoms with van der Waals surface area (Å²) in [7, 11) is 0. The molecule has 0 aliphatic heterocycles. The SMILES string of the molecule is CCCNCc1ccnn1Cc1ccc(I)cc1. The lowest BCUT2D eigenvalue weighted by Gasteiger charge is -2.08. The van der Waals surface area contributed by atoms with Crippen LogP contribution in [0.2, 0.25) is 0 Å². The molecule has 1 N–H and O–H groups in total. The van der Waals surface area contributed by atoms with Crippen molar-refractivity contribution in [3.63, 3.8) is 0 Å². The average molecular weight is 355 g/mol. The van der Waals surface area contributed by atoms with Gasteiger partial charge in [-0.2, -0.15) is 5.10 Å². The van der Waals surface area contributed by atoms with Gasteiger partial charge in [0, 0.05) is 16.3 Å². The predicted octanol–water partition coefficient (Wildman–Crippen LogP) is 3.04. The zero-order valence-electron chi connectivity index (χ0n) is 10.6. The number of hydrogen-bond acceptors (Lipinski definition) is 2. The van der Waals surface area contributed by atoms with Gasteiger partial charge in [-0.05, 0) is 59.3 Å². The van der Waals surface area contributed by atoms with Crippen LogP contribution in [0.5, 0.6) is 0 Å². The van der Waals surface area contributed by atoms with Crippen LogP contribution in [0.3, 0.4) is 0 Å². The number of aromatic nitrogens is 2. The van der Waals surface area contributed by atoms with Crippen LogP contribution in [-0.4, -0.2) is 16.3 Å². The molecule has 0 radical (unpaired) electrons. The second-order valence-corrected chi connectivity index (χ2v) is 5.53. The Bertz CT molecular complexity index is 476. The van der Waals surface area contributed by atoms with E-state index in [4.69, 9.17) is 0 Å². The molecule has 0 saturated heterocycles. The molecular weight excluding hydrogens is 337 g/mol. The fourth-order valence-corrected chi connectivity index (χ4v) is 2.17. The summed E-state index contributed by atoms with van der Waals surface area (Å²) in [5.41, 5.74) is 2.53. The molecule has 0 saturated carbocycles. The molecule has 18 heavy (non-hydrogen) atoms.